The van der Waals surface area contributed by atoms with Crippen molar-refractivity contribution >= 4 is 5.97 Å². The molecule has 2 heteroatoms. The Morgan fingerprint density at radius 3 is 2.50 bits per heavy atom. The third-order valence-corrected chi connectivity index (χ3v) is 2.15. The van der Waals surface area contributed by atoms with E-state index in [2.05, 4.69) is 11.8 Å². The SMILES string of the molecule is CC(=O)OC(C=C(C)C)CC#Cc1ccccc1. The normalized spacial score (nSPS) is 10.8. The van der Waals surface area contributed by atoms with Crippen LogP contribution in [0.15, 0.2) is 42.0 Å². The van der Waals surface area contributed by atoms with Crippen molar-refractivity contribution in [2.24, 2.45) is 0 Å². The van der Waals surface area contributed by atoms with Crippen LogP contribution in [0.25, 0.3) is 0 Å². The number of ether oxygens (including phenoxy) is 1. The second-order valence-electron chi connectivity index (χ2n) is 4.26. The van der Waals surface area contributed by atoms with Crippen LogP contribution < -0.4 is 0 Å². The number of rotatable bonds is 3. The van der Waals surface area contributed by atoms with Crippen molar-refractivity contribution in [3.8, 4) is 11.8 Å². The second-order valence-corrected chi connectivity index (χ2v) is 4.26. The predicted octanol–water partition coefficient (Wildman–Crippen LogP) is 3.33. The van der Waals surface area contributed by atoms with Crippen LogP contribution in [0.2, 0.25) is 0 Å². The van der Waals surface area contributed by atoms with Gasteiger partial charge in [0.15, 0.2) is 0 Å². The average Bonchev–Trinajstić information content (AvgIpc) is 2.28. The molecule has 0 saturated carbocycles. The molecule has 1 atom stereocenters. The van der Waals surface area contributed by atoms with Crippen LogP contribution in [0.3, 0.4) is 0 Å². The summed E-state index contributed by atoms with van der Waals surface area (Å²) in [6.45, 7) is 5.36. The van der Waals surface area contributed by atoms with Gasteiger partial charge in [-0.1, -0.05) is 35.6 Å². The van der Waals surface area contributed by atoms with Crippen molar-refractivity contribution in [3.63, 3.8) is 0 Å². The fourth-order valence-electron chi connectivity index (χ4n) is 1.49. The van der Waals surface area contributed by atoms with E-state index in [4.69, 9.17) is 4.74 Å². The molecule has 2 nitrogen and oxygen atoms in total. The average molecular weight is 242 g/mol. The first-order valence-corrected chi connectivity index (χ1v) is 5.94. The van der Waals surface area contributed by atoms with Gasteiger partial charge in [0.25, 0.3) is 0 Å². The molecule has 0 radical (unpaired) electrons. The highest BCUT2D eigenvalue weighted by molar-refractivity contribution is 5.66. The molecule has 0 fully saturated rings. The maximum atomic E-state index is 11.0. The molecular formula is C16H18O2. The zero-order valence-corrected chi connectivity index (χ0v) is 11.1. The Bertz CT molecular complexity index is 471. The summed E-state index contributed by atoms with van der Waals surface area (Å²) >= 11 is 0. The van der Waals surface area contributed by atoms with Crippen LogP contribution in [-0.4, -0.2) is 12.1 Å². The molecule has 0 saturated heterocycles. The van der Waals surface area contributed by atoms with Gasteiger partial charge < -0.3 is 4.74 Å². The molecule has 0 spiro atoms. The Kier molecular flexibility index (Phi) is 5.73. The van der Waals surface area contributed by atoms with Crippen molar-refractivity contribution in [3.05, 3.63) is 47.5 Å². The zero-order chi connectivity index (χ0) is 13.4. The largest absolute Gasteiger partial charge is 0.457 e. The quantitative estimate of drug-likeness (QED) is 0.461. The maximum Gasteiger partial charge on any atom is 0.303 e. The smallest absolute Gasteiger partial charge is 0.303 e. The van der Waals surface area contributed by atoms with Gasteiger partial charge in [-0.3, -0.25) is 4.79 Å². The first-order chi connectivity index (χ1) is 8.58. The summed E-state index contributed by atoms with van der Waals surface area (Å²) < 4.78 is 5.18. The van der Waals surface area contributed by atoms with E-state index in [9.17, 15) is 4.79 Å². The third kappa shape index (κ3) is 5.91. The molecule has 0 aliphatic carbocycles. The van der Waals surface area contributed by atoms with Gasteiger partial charge in [-0.15, -0.1) is 0 Å². The molecule has 94 valence electrons. The first kappa shape index (κ1) is 14.1. The molecule has 0 aliphatic rings. The Morgan fingerprint density at radius 1 is 1.28 bits per heavy atom. The molecule has 18 heavy (non-hydrogen) atoms. The Hall–Kier alpha value is -2.01. The van der Waals surface area contributed by atoms with Crippen LogP contribution in [-0.2, 0) is 9.53 Å². The lowest BCUT2D eigenvalue weighted by molar-refractivity contribution is -0.143. The van der Waals surface area contributed by atoms with E-state index in [0.29, 0.717) is 6.42 Å². The Balaban J connectivity index is 2.65. The van der Waals surface area contributed by atoms with Crippen LogP contribution in [0.1, 0.15) is 32.8 Å². The van der Waals surface area contributed by atoms with Gasteiger partial charge >= 0.3 is 5.97 Å². The molecule has 1 aromatic rings. The topological polar surface area (TPSA) is 26.3 Å². The molecule has 0 bridgehead atoms. The van der Waals surface area contributed by atoms with E-state index in [-0.39, 0.29) is 12.1 Å². The van der Waals surface area contributed by atoms with Crippen LogP contribution in [0.4, 0.5) is 0 Å². The van der Waals surface area contributed by atoms with Gasteiger partial charge in [0.1, 0.15) is 6.10 Å². The molecule has 0 aromatic heterocycles. The predicted molar refractivity (Wildman–Crippen MR) is 72.9 cm³/mol. The highest BCUT2D eigenvalue weighted by Crippen LogP contribution is 2.05. The van der Waals surface area contributed by atoms with E-state index < -0.39 is 0 Å². The van der Waals surface area contributed by atoms with E-state index in [1.807, 2.05) is 50.3 Å². The summed E-state index contributed by atoms with van der Waals surface area (Å²) in [7, 11) is 0. The van der Waals surface area contributed by atoms with Crippen LogP contribution in [0, 0.1) is 11.8 Å². The fourth-order valence-corrected chi connectivity index (χ4v) is 1.49. The number of allylic oxidation sites excluding steroid dienone is 1. The van der Waals surface area contributed by atoms with Gasteiger partial charge in [-0.25, -0.2) is 0 Å². The van der Waals surface area contributed by atoms with Crippen molar-refractivity contribution in [1.82, 2.24) is 0 Å². The lowest BCUT2D eigenvalue weighted by atomic mass is 10.1. The minimum atomic E-state index is -0.279. The number of benzene rings is 1. The monoisotopic (exact) mass is 242 g/mol. The number of hydrogen-bond acceptors (Lipinski definition) is 2. The number of carbonyl (C=O) groups is 1. The Morgan fingerprint density at radius 2 is 1.94 bits per heavy atom. The summed E-state index contributed by atoms with van der Waals surface area (Å²) in [5.74, 6) is 5.81. The van der Waals surface area contributed by atoms with Gasteiger partial charge in [0.2, 0.25) is 0 Å². The minimum Gasteiger partial charge on any atom is -0.457 e. The Labute approximate surface area is 109 Å². The molecule has 0 aliphatic heterocycles. The summed E-state index contributed by atoms with van der Waals surface area (Å²) in [5, 5.41) is 0. The van der Waals surface area contributed by atoms with E-state index in [1.54, 1.807) is 0 Å². The fraction of sp³-hybridized carbons (Fsp3) is 0.312. The molecule has 0 N–H and O–H groups in total. The first-order valence-electron chi connectivity index (χ1n) is 5.94. The lowest BCUT2D eigenvalue weighted by Gasteiger charge is -2.10. The van der Waals surface area contributed by atoms with E-state index in [1.165, 1.54) is 6.92 Å². The molecule has 1 unspecified atom stereocenters. The van der Waals surface area contributed by atoms with Gasteiger partial charge in [0.05, 0.1) is 6.42 Å². The molecule has 0 heterocycles. The summed E-state index contributed by atoms with van der Waals surface area (Å²) in [6, 6.07) is 9.76. The van der Waals surface area contributed by atoms with Crippen LogP contribution >= 0.6 is 0 Å². The van der Waals surface area contributed by atoms with E-state index >= 15 is 0 Å². The summed E-state index contributed by atoms with van der Waals surface area (Å²) in [6.07, 6.45) is 2.17. The number of esters is 1. The number of hydrogen-bond donors (Lipinski definition) is 0. The van der Waals surface area contributed by atoms with Crippen molar-refractivity contribution in [2.45, 2.75) is 33.3 Å². The molecular weight excluding hydrogens is 224 g/mol. The summed E-state index contributed by atoms with van der Waals surface area (Å²) in [5.41, 5.74) is 2.08. The van der Waals surface area contributed by atoms with Gasteiger partial charge in [0, 0.05) is 12.5 Å². The van der Waals surface area contributed by atoms with Crippen molar-refractivity contribution < 1.29 is 9.53 Å². The minimum absolute atomic E-state index is 0.260. The zero-order valence-electron chi connectivity index (χ0n) is 11.1. The van der Waals surface area contributed by atoms with Gasteiger partial charge in [-0.2, -0.15) is 0 Å². The molecule has 1 aromatic carbocycles. The van der Waals surface area contributed by atoms with Crippen molar-refractivity contribution in [1.29, 1.82) is 0 Å². The number of carbonyl (C=O) groups excluding carboxylic acids is 1. The highest BCUT2D eigenvalue weighted by Gasteiger charge is 2.06. The van der Waals surface area contributed by atoms with E-state index in [0.717, 1.165) is 11.1 Å². The maximum absolute atomic E-state index is 11.0. The third-order valence-electron chi connectivity index (χ3n) is 2.15. The van der Waals surface area contributed by atoms with Crippen LogP contribution in [0.5, 0.6) is 0 Å². The van der Waals surface area contributed by atoms with Crippen molar-refractivity contribution in [2.75, 3.05) is 0 Å². The highest BCUT2D eigenvalue weighted by atomic mass is 16.5. The molecule has 1 rings (SSSR count). The second kappa shape index (κ2) is 7.34. The standard InChI is InChI=1S/C16H18O2/c1-13(2)12-16(18-14(3)17)11-7-10-15-8-5-4-6-9-15/h4-6,8-9,12,16H,11H2,1-3H3. The van der Waals surface area contributed by atoms with Gasteiger partial charge in [-0.05, 0) is 32.1 Å². The summed E-state index contributed by atoms with van der Waals surface area (Å²) in [4.78, 5) is 11.0. The lowest BCUT2D eigenvalue weighted by Crippen LogP contribution is -2.13. The molecule has 0 amide bonds.